The van der Waals surface area contributed by atoms with Crippen LogP contribution >= 0.6 is 15.9 Å². The van der Waals surface area contributed by atoms with E-state index < -0.39 is 0 Å². The van der Waals surface area contributed by atoms with E-state index in [9.17, 15) is 4.79 Å². The van der Waals surface area contributed by atoms with Gasteiger partial charge in [0.25, 0.3) is 0 Å². The van der Waals surface area contributed by atoms with Gasteiger partial charge in [-0.3, -0.25) is 4.79 Å². The molecule has 2 fully saturated rings. The molecule has 1 saturated carbocycles. The van der Waals surface area contributed by atoms with E-state index in [1.165, 1.54) is 19.3 Å². The number of ether oxygens (including phenoxy) is 1. The van der Waals surface area contributed by atoms with Gasteiger partial charge in [0.15, 0.2) is 0 Å². The molecule has 1 unspecified atom stereocenters. The SMILES string of the molecule is O=C(NC1(CBr)CCCCC1)C1CCOC1. The third kappa shape index (κ3) is 2.77. The van der Waals surface area contributed by atoms with Crippen LogP contribution in [0.2, 0.25) is 0 Å². The number of amides is 1. The first-order chi connectivity index (χ1) is 7.76. The number of hydrogen-bond acceptors (Lipinski definition) is 2. The van der Waals surface area contributed by atoms with Gasteiger partial charge in [-0.15, -0.1) is 0 Å². The van der Waals surface area contributed by atoms with Crippen molar-refractivity contribution in [1.82, 2.24) is 5.32 Å². The molecule has 1 amide bonds. The minimum atomic E-state index is 0.0118. The van der Waals surface area contributed by atoms with E-state index in [0.717, 1.165) is 31.2 Å². The highest BCUT2D eigenvalue weighted by atomic mass is 79.9. The predicted molar refractivity (Wildman–Crippen MR) is 66.7 cm³/mol. The summed E-state index contributed by atoms with van der Waals surface area (Å²) in [7, 11) is 0. The molecule has 0 aromatic heterocycles. The topological polar surface area (TPSA) is 38.3 Å². The van der Waals surface area contributed by atoms with Crippen molar-refractivity contribution >= 4 is 21.8 Å². The average molecular weight is 290 g/mol. The summed E-state index contributed by atoms with van der Waals surface area (Å²) in [5.74, 6) is 0.275. The van der Waals surface area contributed by atoms with E-state index in [1.54, 1.807) is 0 Å². The van der Waals surface area contributed by atoms with Crippen molar-refractivity contribution in [2.24, 2.45) is 5.92 Å². The highest BCUT2D eigenvalue weighted by Crippen LogP contribution is 2.30. The number of rotatable bonds is 3. The third-order valence-electron chi connectivity index (χ3n) is 3.76. The summed E-state index contributed by atoms with van der Waals surface area (Å²) in [6.45, 7) is 1.34. The summed E-state index contributed by atoms with van der Waals surface area (Å²) in [6.07, 6.45) is 6.86. The highest BCUT2D eigenvalue weighted by Gasteiger charge is 2.35. The molecule has 3 nitrogen and oxygen atoms in total. The van der Waals surface area contributed by atoms with Crippen LogP contribution in [0.3, 0.4) is 0 Å². The van der Waals surface area contributed by atoms with Crippen LogP contribution in [0, 0.1) is 5.92 Å². The van der Waals surface area contributed by atoms with Crippen LogP contribution in [0.4, 0.5) is 0 Å². The van der Waals surface area contributed by atoms with E-state index in [1.807, 2.05) is 0 Å². The van der Waals surface area contributed by atoms with E-state index in [4.69, 9.17) is 4.74 Å². The minimum Gasteiger partial charge on any atom is -0.381 e. The second-order valence-corrected chi connectivity index (χ2v) is 5.59. The fourth-order valence-electron chi connectivity index (χ4n) is 2.63. The Morgan fingerprint density at radius 1 is 1.38 bits per heavy atom. The zero-order valence-electron chi connectivity index (χ0n) is 9.64. The van der Waals surface area contributed by atoms with Crippen molar-refractivity contribution in [3.63, 3.8) is 0 Å². The lowest BCUT2D eigenvalue weighted by atomic mass is 9.83. The van der Waals surface area contributed by atoms with E-state index in [-0.39, 0.29) is 17.4 Å². The standard InChI is InChI=1S/C12H20BrNO2/c13-9-12(5-2-1-3-6-12)14-11(15)10-4-7-16-8-10/h10H,1-9H2,(H,14,15). The Balaban J connectivity index is 1.91. The Kier molecular flexibility index (Phi) is 4.25. The van der Waals surface area contributed by atoms with E-state index in [2.05, 4.69) is 21.2 Å². The van der Waals surface area contributed by atoms with Gasteiger partial charge in [-0.1, -0.05) is 35.2 Å². The highest BCUT2D eigenvalue weighted by molar-refractivity contribution is 9.09. The zero-order valence-corrected chi connectivity index (χ0v) is 11.2. The van der Waals surface area contributed by atoms with Crippen molar-refractivity contribution < 1.29 is 9.53 Å². The quantitative estimate of drug-likeness (QED) is 0.810. The molecule has 16 heavy (non-hydrogen) atoms. The molecule has 1 heterocycles. The van der Waals surface area contributed by atoms with Gasteiger partial charge in [-0.25, -0.2) is 0 Å². The van der Waals surface area contributed by atoms with E-state index in [0.29, 0.717) is 6.61 Å². The second-order valence-electron chi connectivity index (χ2n) is 5.02. The first-order valence-corrected chi connectivity index (χ1v) is 7.34. The lowest BCUT2D eigenvalue weighted by molar-refractivity contribution is -0.127. The molecule has 2 aliphatic rings. The summed E-state index contributed by atoms with van der Waals surface area (Å²) >= 11 is 3.56. The molecule has 92 valence electrons. The maximum absolute atomic E-state index is 12.1. The maximum Gasteiger partial charge on any atom is 0.225 e. The molecule has 0 bridgehead atoms. The van der Waals surface area contributed by atoms with Gasteiger partial charge in [0, 0.05) is 17.5 Å². The van der Waals surface area contributed by atoms with E-state index >= 15 is 0 Å². The van der Waals surface area contributed by atoms with Crippen LogP contribution in [-0.2, 0) is 9.53 Å². The van der Waals surface area contributed by atoms with Crippen LogP contribution in [0.25, 0.3) is 0 Å². The molecule has 1 saturated heterocycles. The first-order valence-electron chi connectivity index (χ1n) is 6.21. The zero-order chi connectivity index (χ0) is 11.4. The van der Waals surface area contributed by atoms with Crippen molar-refractivity contribution in [1.29, 1.82) is 0 Å². The molecule has 1 atom stereocenters. The second kappa shape index (κ2) is 5.50. The van der Waals surface area contributed by atoms with Crippen LogP contribution in [0.15, 0.2) is 0 Å². The number of hydrogen-bond donors (Lipinski definition) is 1. The molecule has 0 spiro atoms. The molecular weight excluding hydrogens is 270 g/mol. The van der Waals surface area contributed by atoms with Crippen molar-refractivity contribution in [2.45, 2.75) is 44.1 Å². The van der Waals surface area contributed by atoms with Crippen LogP contribution < -0.4 is 5.32 Å². The van der Waals surface area contributed by atoms with Crippen molar-refractivity contribution in [3.8, 4) is 0 Å². The normalized spacial score (nSPS) is 28.9. The van der Waals surface area contributed by atoms with Gasteiger partial charge >= 0.3 is 0 Å². The van der Waals surface area contributed by atoms with Crippen molar-refractivity contribution in [3.05, 3.63) is 0 Å². The average Bonchev–Trinajstić information content (AvgIpc) is 2.84. The molecule has 4 heteroatoms. The van der Waals surface area contributed by atoms with Gasteiger partial charge in [0.05, 0.1) is 12.5 Å². The molecule has 1 aliphatic carbocycles. The molecule has 1 N–H and O–H groups in total. The minimum absolute atomic E-state index is 0.0118. The Morgan fingerprint density at radius 3 is 2.69 bits per heavy atom. The number of carbonyl (C=O) groups excluding carboxylic acids is 1. The van der Waals surface area contributed by atoms with Crippen LogP contribution in [-0.4, -0.2) is 30.0 Å². The third-order valence-corrected chi connectivity index (χ3v) is 4.83. The predicted octanol–water partition coefficient (Wildman–Crippen LogP) is 2.24. The first kappa shape index (κ1) is 12.4. The summed E-state index contributed by atoms with van der Waals surface area (Å²) < 4.78 is 5.26. The Hall–Kier alpha value is -0.0900. The Bertz CT molecular complexity index is 245. The fraction of sp³-hybridized carbons (Fsp3) is 0.917. The number of carbonyl (C=O) groups is 1. The molecule has 0 radical (unpaired) electrons. The lowest BCUT2D eigenvalue weighted by Crippen LogP contribution is -2.53. The summed E-state index contributed by atoms with van der Waals surface area (Å²) in [6, 6.07) is 0. The lowest BCUT2D eigenvalue weighted by Gasteiger charge is -2.37. The molecule has 2 rings (SSSR count). The summed E-state index contributed by atoms with van der Waals surface area (Å²) in [5.41, 5.74) is 0.0118. The smallest absolute Gasteiger partial charge is 0.225 e. The Morgan fingerprint density at radius 2 is 2.12 bits per heavy atom. The van der Waals surface area contributed by atoms with Gasteiger partial charge in [-0.2, -0.15) is 0 Å². The van der Waals surface area contributed by atoms with Gasteiger partial charge in [0.2, 0.25) is 5.91 Å². The van der Waals surface area contributed by atoms with Crippen LogP contribution in [0.5, 0.6) is 0 Å². The molecular formula is C12H20BrNO2. The molecule has 0 aromatic carbocycles. The molecule has 0 aromatic rings. The maximum atomic E-state index is 12.1. The van der Waals surface area contributed by atoms with Gasteiger partial charge < -0.3 is 10.1 Å². The fourth-order valence-corrected chi connectivity index (χ4v) is 3.33. The number of halogens is 1. The monoisotopic (exact) mass is 289 g/mol. The van der Waals surface area contributed by atoms with Crippen molar-refractivity contribution in [2.75, 3.05) is 18.5 Å². The largest absolute Gasteiger partial charge is 0.381 e. The molecule has 1 aliphatic heterocycles. The summed E-state index contributed by atoms with van der Waals surface area (Å²) in [5, 5.41) is 4.13. The number of nitrogens with one attached hydrogen (secondary N) is 1. The summed E-state index contributed by atoms with van der Waals surface area (Å²) in [4.78, 5) is 12.1. The van der Waals surface area contributed by atoms with Crippen LogP contribution in [0.1, 0.15) is 38.5 Å². The van der Waals surface area contributed by atoms with Gasteiger partial charge in [-0.05, 0) is 19.3 Å². The van der Waals surface area contributed by atoms with Gasteiger partial charge in [0.1, 0.15) is 0 Å². The number of alkyl halides is 1. The Labute approximate surface area is 105 Å².